The van der Waals surface area contributed by atoms with Crippen molar-refractivity contribution in [2.75, 3.05) is 5.73 Å². The lowest BCUT2D eigenvalue weighted by Gasteiger charge is -2.05. The molecule has 3 rings (SSSR count). The van der Waals surface area contributed by atoms with Crippen molar-refractivity contribution < 1.29 is 4.39 Å². The van der Waals surface area contributed by atoms with Gasteiger partial charge in [-0.1, -0.05) is 6.07 Å². The minimum atomic E-state index is -0.126. The summed E-state index contributed by atoms with van der Waals surface area (Å²) in [5, 5.41) is 6.55. The Morgan fingerprint density at radius 3 is 2.94 bits per heavy atom. The van der Waals surface area contributed by atoms with E-state index in [1.807, 2.05) is 6.07 Å². The van der Waals surface area contributed by atoms with Gasteiger partial charge in [-0.3, -0.25) is 5.10 Å². The Bertz CT molecular complexity index is 545. The molecular formula is C12H12FN3. The molecule has 16 heavy (non-hydrogen) atoms. The smallest absolute Gasteiger partial charge is 0.145 e. The van der Waals surface area contributed by atoms with E-state index in [4.69, 9.17) is 5.73 Å². The van der Waals surface area contributed by atoms with Crippen LogP contribution >= 0.6 is 0 Å². The van der Waals surface area contributed by atoms with Gasteiger partial charge in [-0.05, 0) is 36.5 Å². The van der Waals surface area contributed by atoms with E-state index in [1.165, 1.54) is 0 Å². The first-order valence-corrected chi connectivity index (χ1v) is 5.37. The zero-order valence-electron chi connectivity index (χ0n) is 8.76. The van der Waals surface area contributed by atoms with Crippen LogP contribution in [0.1, 0.15) is 17.5 Å². The normalized spacial score (nSPS) is 14.1. The highest BCUT2D eigenvalue weighted by Crippen LogP contribution is 2.31. The number of aryl methyl sites for hydroxylation is 1. The van der Waals surface area contributed by atoms with Gasteiger partial charge in [-0.2, -0.15) is 5.10 Å². The van der Waals surface area contributed by atoms with Crippen molar-refractivity contribution in [3.8, 4) is 11.3 Å². The number of benzene rings is 1. The van der Waals surface area contributed by atoms with Crippen molar-refractivity contribution in [3.05, 3.63) is 35.1 Å². The van der Waals surface area contributed by atoms with Gasteiger partial charge in [-0.15, -0.1) is 0 Å². The number of nitrogens with two attached hydrogens (primary N) is 1. The largest absolute Gasteiger partial charge is 0.382 e. The third kappa shape index (κ3) is 1.30. The van der Waals surface area contributed by atoms with Gasteiger partial charge in [0.25, 0.3) is 0 Å². The maximum Gasteiger partial charge on any atom is 0.145 e. The van der Waals surface area contributed by atoms with Gasteiger partial charge in [0, 0.05) is 11.6 Å². The molecule has 0 saturated heterocycles. The molecule has 1 aliphatic rings. The maximum atomic E-state index is 14.2. The zero-order chi connectivity index (χ0) is 11.1. The molecule has 0 radical (unpaired) electrons. The van der Waals surface area contributed by atoms with Gasteiger partial charge in [0.2, 0.25) is 0 Å². The van der Waals surface area contributed by atoms with Crippen molar-refractivity contribution in [2.24, 2.45) is 0 Å². The zero-order valence-corrected chi connectivity index (χ0v) is 8.76. The molecular weight excluding hydrogens is 205 g/mol. The Morgan fingerprint density at radius 1 is 1.31 bits per heavy atom. The number of halogens is 1. The molecule has 1 heterocycles. The predicted molar refractivity (Wildman–Crippen MR) is 60.4 cm³/mol. The van der Waals surface area contributed by atoms with Gasteiger partial charge < -0.3 is 5.73 Å². The Kier molecular flexibility index (Phi) is 1.96. The molecule has 3 N–H and O–H groups in total. The summed E-state index contributed by atoms with van der Waals surface area (Å²) in [6, 6.07) is 5.45. The van der Waals surface area contributed by atoms with Crippen molar-refractivity contribution in [1.82, 2.24) is 10.2 Å². The Balaban J connectivity index is 2.15. The number of hydrogen-bond acceptors (Lipinski definition) is 2. The second-order valence-electron chi connectivity index (χ2n) is 4.12. The van der Waals surface area contributed by atoms with Crippen LogP contribution in [0.4, 0.5) is 10.2 Å². The molecule has 2 aromatic rings. The number of anilines is 1. The summed E-state index contributed by atoms with van der Waals surface area (Å²) < 4.78 is 14.2. The third-order valence-electron chi connectivity index (χ3n) is 3.10. The van der Waals surface area contributed by atoms with Crippen LogP contribution in [0.2, 0.25) is 0 Å². The van der Waals surface area contributed by atoms with Crippen LogP contribution in [0.15, 0.2) is 18.2 Å². The average molecular weight is 217 g/mol. The van der Waals surface area contributed by atoms with Crippen molar-refractivity contribution in [1.29, 1.82) is 0 Å². The van der Waals surface area contributed by atoms with Crippen LogP contribution in [0.3, 0.4) is 0 Å². The van der Waals surface area contributed by atoms with E-state index >= 15 is 0 Å². The van der Waals surface area contributed by atoms with E-state index in [-0.39, 0.29) is 5.82 Å². The van der Waals surface area contributed by atoms with Gasteiger partial charge >= 0.3 is 0 Å². The number of aromatic amines is 1. The second-order valence-corrected chi connectivity index (χ2v) is 4.12. The van der Waals surface area contributed by atoms with Crippen LogP contribution in [-0.2, 0) is 12.8 Å². The SMILES string of the molecule is Nc1cc(-c2ccc3c(c2F)CCC3)[nH]n1. The minimum Gasteiger partial charge on any atom is -0.382 e. The number of nitrogens with zero attached hydrogens (tertiary/aromatic N) is 1. The molecule has 3 nitrogen and oxygen atoms in total. The summed E-state index contributed by atoms with van der Waals surface area (Å²) in [4.78, 5) is 0. The third-order valence-corrected chi connectivity index (χ3v) is 3.10. The fraction of sp³-hybridized carbons (Fsp3) is 0.250. The van der Waals surface area contributed by atoms with E-state index in [9.17, 15) is 4.39 Å². The van der Waals surface area contributed by atoms with Gasteiger partial charge in [0.15, 0.2) is 0 Å². The Morgan fingerprint density at radius 2 is 2.19 bits per heavy atom. The monoisotopic (exact) mass is 217 g/mol. The maximum absolute atomic E-state index is 14.2. The first-order valence-electron chi connectivity index (χ1n) is 5.37. The van der Waals surface area contributed by atoms with Crippen molar-refractivity contribution >= 4 is 5.82 Å². The highest BCUT2D eigenvalue weighted by Gasteiger charge is 2.19. The fourth-order valence-electron chi connectivity index (χ4n) is 2.30. The molecule has 1 aromatic carbocycles. The highest BCUT2D eigenvalue weighted by molar-refractivity contribution is 5.65. The summed E-state index contributed by atoms with van der Waals surface area (Å²) >= 11 is 0. The Hall–Kier alpha value is -1.84. The molecule has 0 aliphatic heterocycles. The quantitative estimate of drug-likeness (QED) is 0.770. The number of nitrogen functional groups attached to an aromatic ring is 1. The van der Waals surface area contributed by atoms with Crippen LogP contribution < -0.4 is 5.73 Å². The molecule has 1 aliphatic carbocycles. The van der Waals surface area contributed by atoms with Crippen LogP contribution in [-0.4, -0.2) is 10.2 Å². The molecule has 0 unspecified atom stereocenters. The molecule has 1 aromatic heterocycles. The fourth-order valence-corrected chi connectivity index (χ4v) is 2.30. The van der Waals surface area contributed by atoms with Gasteiger partial charge in [-0.25, -0.2) is 4.39 Å². The van der Waals surface area contributed by atoms with Crippen molar-refractivity contribution in [2.45, 2.75) is 19.3 Å². The molecule has 4 heteroatoms. The lowest BCUT2D eigenvalue weighted by molar-refractivity contribution is 0.615. The number of hydrogen-bond donors (Lipinski definition) is 2. The molecule has 0 fully saturated rings. The molecule has 0 bridgehead atoms. The summed E-state index contributed by atoms with van der Waals surface area (Å²) in [5.41, 5.74) is 8.70. The number of nitrogens with one attached hydrogen (secondary N) is 1. The first kappa shape index (κ1) is 9.39. The lowest BCUT2D eigenvalue weighted by Crippen LogP contribution is -1.93. The molecule has 0 atom stereocenters. The molecule has 0 saturated carbocycles. The summed E-state index contributed by atoms with van der Waals surface area (Å²) in [5.74, 6) is 0.258. The van der Waals surface area contributed by atoms with Crippen LogP contribution in [0.25, 0.3) is 11.3 Å². The van der Waals surface area contributed by atoms with Crippen molar-refractivity contribution in [3.63, 3.8) is 0 Å². The summed E-state index contributed by atoms with van der Waals surface area (Å²) in [6.45, 7) is 0. The van der Waals surface area contributed by atoms with Gasteiger partial charge in [0.1, 0.15) is 11.6 Å². The minimum absolute atomic E-state index is 0.126. The molecule has 82 valence electrons. The van der Waals surface area contributed by atoms with E-state index < -0.39 is 0 Å². The van der Waals surface area contributed by atoms with Gasteiger partial charge in [0.05, 0.1) is 5.69 Å². The average Bonchev–Trinajstić information content (AvgIpc) is 2.87. The topological polar surface area (TPSA) is 54.7 Å². The predicted octanol–water partition coefficient (Wildman–Crippen LogP) is 2.29. The highest BCUT2D eigenvalue weighted by atomic mass is 19.1. The van der Waals surface area contributed by atoms with E-state index in [0.717, 1.165) is 30.4 Å². The summed E-state index contributed by atoms with van der Waals surface area (Å²) in [6.07, 6.45) is 2.86. The van der Waals surface area contributed by atoms with E-state index in [1.54, 1.807) is 12.1 Å². The number of H-pyrrole nitrogens is 1. The van der Waals surface area contributed by atoms with E-state index in [2.05, 4.69) is 10.2 Å². The summed E-state index contributed by atoms with van der Waals surface area (Å²) in [7, 11) is 0. The molecule has 0 spiro atoms. The van der Waals surface area contributed by atoms with Crippen LogP contribution in [0, 0.1) is 5.82 Å². The van der Waals surface area contributed by atoms with E-state index in [0.29, 0.717) is 17.1 Å². The van der Waals surface area contributed by atoms with Crippen LogP contribution in [0.5, 0.6) is 0 Å². The second kappa shape index (κ2) is 3.33. The number of fused-ring (bicyclic) bond motifs is 1. The first-order chi connectivity index (χ1) is 7.75. The number of rotatable bonds is 1. The number of aromatic nitrogens is 2. The Labute approximate surface area is 92.5 Å². The molecule has 0 amide bonds. The lowest BCUT2D eigenvalue weighted by atomic mass is 10.0. The standard InChI is InChI=1S/C12H12FN3/c13-12-8-3-1-2-7(8)4-5-9(12)10-6-11(14)16-15-10/h4-6H,1-3H2,(H3,14,15,16).